The van der Waals surface area contributed by atoms with Gasteiger partial charge in [-0.3, -0.25) is 25.2 Å². The Labute approximate surface area is 160 Å². The van der Waals surface area contributed by atoms with E-state index in [-0.39, 0.29) is 11.3 Å². The lowest BCUT2D eigenvalue weighted by atomic mass is 10.2. The highest BCUT2D eigenvalue weighted by Crippen LogP contribution is 2.14. The molecule has 0 atom stereocenters. The van der Waals surface area contributed by atoms with Gasteiger partial charge in [0.2, 0.25) is 5.91 Å². The molecule has 0 spiro atoms. The van der Waals surface area contributed by atoms with E-state index in [9.17, 15) is 14.4 Å². The SMILES string of the molecule is O=C(CSc1nc2ccccc2c(=O)[nH]1)NNC(=O)c1ccc(Br)cc1. The number of fused-ring (bicyclic) bond motifs is 1. The number of nitrogens with one attached hydrogen (secondary N) is 3. The summed E-state index contributed by atoms with van der Waals surface area (Å²) >= 11 is 4.35. The zero-order valence-electron chi connectivity index (χ0n) is 13.3. The van der Waals surface area contributed by atoms with Gasteiger partial charge in [-0.15, -0.1) is 0 Å². The van der Waals surface area contributed by atoms with E-state index >= 15 is 0 Å². The lowest BCUT2D eigenvalue weighted by molar-refractivity contribution is -0.119. The average molecular weight is 433 g/mol. The molecule has 0 aliphatic carbocycles. The predicted molar refractivity (Wildman–Crippen MR) is 103 cm³/mol. The number of H-pyrrole nitrogens is 1. The van der Waals surface area contributed by atoms with Crippen LogP contribution in [0.5, 0.6) is 0 Å². The Hall–Kier alpha value is -2.65. The molecular formula is C17H13BrN4O3S. The van der Waals surface area contributed by atoms with Crippen molar-refractivity contribution in [2.45, 2.75) is 5.16 Å². The first-order valence-corrected chi connectivity index (χ1v) is 9.27. The number of carbonyl (C=O) groups excluding carboxylic acids is 2. The summed E-state index contributed by atoms with van der Waals surface area (Å²) in [5, 5.41) is 0.825. The van der Waals surface area contributed by atoms with Crippen LogP contribution in [0.1, 0.15) is 10.4 Å². The summed E-state index contributed by atoms with van der Waals surface area (Å²) in [5.74, 6) is -0.855. The summed E-state index contributed by atoms with van der Waals surface area (Å²) in [6, 6.07) is 13.7. The molecule has 132 valence electrons. The molecule has 0 aliphatic rings. The van der Waals surface area contributed by atoms with Gasteiger partial charge in [0.1, 0.15) is 0 Å². The van der Waals surface area contributed by atoms with Gasteiger partial charge in [0.25, 0.3) is 11.5 Å². The molecule has 0 saturated carbocycles. The largest absolute Gasteiger partial charge is 0.301 e. The third-order valence-corrected chi connectivity index (χ3v) is 4.75. The second kappa shape index (κ2) is 8.15. The van der Waals surface area contributed by atoms with Gasteiger partial charge in [-0.25, -0.2) is 4.98 Å². The van der Waals surface area contributed by atoms with E-state index in [2.05, 4.69) is 36.7 Å². The van der Waals surface area contributed by atoms with Gasteiger partial charge in [-0.1, -0.05) is 39.8 Å². The fraction of sp³-hybridized carbons (Fsp3) is 0.0588. The number of para-hydroxylation sites is 1. The van der Waals surface area contributed by atoms with Gasteiger partial charge < -0.3 is 4.98 Å². The second-order valence-electron chi connectivity index (χ2n) is 5.19. The van der Waals surface area contributed by atoms with Crippen LogP contribution in [0.15, 0.2) is 63.0 Å². The molecule has 7 nitrogen and oxygen atoms in total. The number of nitrogens with zero attached hydrogens (tertiary/aromatic N) is 1. The number of rotatable bonds is 4. The van der Waals surface area contributed by atoms with Crippen molar-refractivity contribution in [3.8, 4) is 0 Å². The Balaban J connectivity index is 1.55. The van der Waals surface area contributed by atoms with Crippen molar-refractivity contribution in [1.82, 2.24) is 20.8 Å². The summed E-state index contributed by atoms with van der Waals surface area (Å²) < 4.78 is 0.853. The van der Waals surface area contributed by atoms with E-state index in [4.69, 9.17) is 0 Å². The number of hydrazine groups is 1. The summed E-state index contributed by atoms with van der Waals surface area (Å²) in [5.41, 5.74) is 5.38. The number of hydrogen-bond acceptors (Lipinski definition) is 5. The summed E-state index contributed by atoms with van der Waals surface area (Å²) in [4.78, 5) is 42.7. The van der Waals surface area contributed by atoms with Crippen LogP contribution in [0.4, 0.5) is 0 Å². The zero-order valence-corrected chi connectivity index (χ0v) is 15.7. The first-order chi connectivity index (χ1) is 12.5. The number of hydrogen-bond donors (Lipinski definition) is 3. The molecule has 0 aliphatic heterocycles. The Bertz CT molecular complexity index is 1020. The minimum absolute atomic E-state index is 0.0120. The molecule has 2 amide bonds. The molecule has 2 aromatic carbocycles. The van der Waals surface area contributed by atoms with Gasteiger partial charge >= 0.3 is 0 Å². The van der Waals surface area contributed by atoms with Gasteiger partial charge in [-0.2, -0.15) is 0 Å². The van der Waals surface area contributed by atoms with E-state index in [1.54, 1.807) is 48.5 Å². The molecule has 0 unspecified atom stereocenters. The summed E-state index contributed by atoms with van der Waals surface area (Å²) in [6.07, 6.45) is 0. The van der Waals surface area contributed by atoms with Crippen molar-refractivity contribution >= 4 is 50.4 Å². The molecule has 0 radical (unpaired) electrons. The van der Waals surface area contributed by atoms with Crippen molar-refractivity contribution in [2.75, 3.05) is 5.75 Å². The molecule has 3 rings (SSSR count). The number of halogens is 1. The van der Waals surface area contributed by atoms with E-state index in [0.717, 1.165) is 16.2 Å². The maximum atomic E-state index is 12.0. The van der Waals surface area contributed by atoms with Gasteiger partial charge in [0.15, 0.2) is 5.16 Å². The van der Waals surface area contributed by atoms with E-state index in [1.165, 1.54) is 0 Å². The Morgan fingerprint density at radius 1 is 1.08 bits per heavy atom. The summed E-state index contributed by atoms with van der Waals surface area (Å²) in [7, 11) is 0. The minimum atomic E-state index is -0.423. The topological polar surface area (TPSA) is 104 Å². The quantitative estimate of drug-likeness (QED) is 0.333. The van der Waals surface area contributed by atoms with Crippen LogP contribution in [0, 0.1) is 0 Å². The van der Waals surface area contributed by atoms with Crippen LogP contribution in [0.25, 0.3) is 10.9 Å². The minimum Gasteiger partial charge on any atom is -0.301 e. The molecule has 0 bridgehead atoms. The van der Waals surface area contributed by atoms with Crippen LogP contribution in [0.2, 0.25) is 0 Å². The molecular weight excluding hydrogens is 420 g/mol. The van der Waals surface area contributed by atoms with E-state index in [0.29, 0.717) is 21.6 Å². The van der Waals surface area contributed by atoms with Crippen LogP contribution in [0.3, 0.4) is 0 Å². The van der Waals surface area contributed by atoms with Gasteiger partial charge in [-0.05, 0) is 36.4 Å². The fourth-order valence-electron chi connectivity index (χ4n) is 2.10. The standard InChI is InChI=1S/C17H13BrN4O3S/c18-11-7-5-10(6-8-11)15(24)22-21-14(23)9-26-17-19-13-4-2-1-3-12(13)16(25)20-17/h1-8H,9H2,(H,21,23)(H,22,24)(H,19,20,25). The van der Waals surface area contributed by atoms with Crippen LogP contribution >= 0.6 is 27.7 Å². The van der Waals surface area contributed by atoms with Crippen molar-refractivity contribution in [3.63, 3.8) is 0 Å². The molecule has 0 fully saturated rings. The van der Waals surface area contributed by atoms with Gasteiger partial charge in [0, 0.05) is 10.0 Å². The van der Waals surface area contributed by atoms with Gasteiger partial charge in [0.05, 0.1) is 16.7 Å². The lowest BCUT2D eigenvalue weighted by Crippen LogP contribution is -2.42. The number of aromatic amines is 1. The lowest BCUT2D eigenvalue weighted by Gasteiger charge is -2.07. The highest BCUT2D eigenvalue weighted by atomic mass is 79.9. The highest BCUT2D eigenvalue weighted by Gasteiger charge is 2.09. The van der Waals surface area contributed by atoms with Crippen molar-refractivity contribution < 1.29 is 9.59 Å². The maximum Gasteiger partial charge on any atom is 0.269 e. The Morgan fingerprint density at radius 3 is 2.58 bits per heavy atom. The molecule has 1 aromatic heterocycles. The first-order valence-electron chi connectivity index (χ1n) is 7.49. The molecule has 3 N–H and O–H groups in total. The monoisotopic (exact) mass is 432 g/mol. The predicted octanol–water partition coefficient (Wildman–Crippen LogP) is 2.24. The first kappa shape index (κ1) is 18.2. The molecule has 1 heterocycles. The molecule has 26 heavy (non-hydrogen) atoms. The normalized spacial score (nSPS) is 10.5. The third kappa shape index (κ3) is 4.50. The van der Waals surface area contributed by atoms with Crippen molar-refractivity contribution in [1.29, 1.82) is 0 Å². The van der Waals surface area contributed by atoms with Crippen LogP contribution in [-0.2, 0) is 4.79 Å². The fourth-order valence-corrected chi connectivity index (χ4v) is 3.04. The highest BCUT2D eigenvalue weighted by molar-refractivity contribution is 9.10. The van der Waals surface area contributed by atoms with E-state index in [1.807, 2.05) is 0 Å². The number of amides is 2. The maximum absolute atomic E-state index is 12.0. The smallest absolute Gasteiger partial charge is 0.269 e. The Morgan fingerprint density at radius 2 is 1.81 bits per heavy atom. The number of thioether (sulfide) groups is 1. The number of carbonyl (C=O) groups is 2. The second-order valence-corrected chi connectivity index (χ2v) is 7.07. The number of benzene rings is 2. The average Bonchev–Trinajstić information content (AvgIpc) is 2.65. The molecule has 3 aromatic rings. The molecule has 9 heteroatoms. The van der Waals surface area contributed by atoms with Crippen molar-refractivity contribution in [3.05, 3.63) is 68.9 Å². The van der Waals surface area contributed by atoms with E-state index < -0.39 is 11.8 Å². The molecule has 0 saturated heterocycles. The van der Waals surface area contributed by atoms with Crippen LogP contribution < -0.4 is 16.4 Å². The zero-order chi connectivity index (χ0) is 18.5. The third-order valence-electron chi connectivity index (χ3n) is 3.35. The van der Waals surface area contributed by atoms with Crippen molar-refractivity contribution in [2.24, 2.45) is 0 Å². The Kier molecular flexibility index (Phi) is 5.69. The number of aromatic nitrogens is 2. The van der Waals surface area contributed by atoms with Crippen LogP contribution in [-0.4, -0.2) is 27.5 Å². The summed E-state index contributed by atoms with van der Waals surface area (Å²) in [6.45, 7) is 0.